The number of alkyl halides is 3. The Morgan fingerprint density at radius 3 is 2.17 bits per heavy atom. The molecule has 75 heavy (non-hydrogen) atoms. The Labute approximate surface area is 439 Å². The molecule has 2 saturated heterocycles. The Bertz CT molecular complexity index is 3240. The van der Waals surface area contributed by atoms with Crippen LogP contribution in [0.25, 0.3) is 21.7 Å². The van der Waals surface area contributed by atoms with Crippen LogP contribution >= 0.6 is 23.6 Å². The van der Waals surface area contributed by atoms with Gasteiger partial charge in [-0.15, -0.1) is 11.3 Å². The zero-order valence-electron chi connectivity index (χ0n) is 41.6. The number of thiazole rings is 1. The van der Waals surface area contributed by atoms with Crippen molar-refractivity contribution in [2.45, 2.75) is 91.1 Å². The number of hydrogen-bond acceptors (Lipinski definition) is 10. The molecule has 2 aliphatic heterocycles. The molecule has 386 valence electrons. The highest BCUT2D eigenvalue weighted by Crippen LogP contribution is 2.42. The quantitative estimate of drug-likeness (QED) is 0.0745. The summed E-state index contributed by atoms with van der Waals surface area (Å²) in [5.74, 6) is -3.99. The number of rotatable bonds is 13. The summed E-state index contributed by atoms with van der Waals surface area (Å²) in [7, 11) is 0. The number of amides is 5. The fourth-order valence-corrected chi connectivity index (χ4v) is 10.4. The molecule has 14 nitrogen and oxygen atoms in total. The van der Waals surface area contributed by atoms with Crippen molar-refractivity contribution in [3.8, 4) is 27.8 Å². The van der Waals surface area contributed by atoms with Crippen molar-refractivity contribution in [2.75, 3.05) is 21.7 Å². The lowest BCUT2D eigenvalue weighted by Crippen LogP contribution is -2.57. The summed E-state index contributed by atoms with van der Waals surface area (Å²) >= 11 is 7.11. The molecule has 2 aromatic heterocycles. The summed E-state index contributed by atoms with van der Waals surface area (Å²) in [5, 5.41) is 17.7. The average Bonchev–Trinajstić information content (AvgIpc) is 4.10. The van der Waals surface area contributed by atoms with Gasteiger partial charge < -0.3 is 25.8 Å². The number of carbonyl (C=O) groups excluding carboxylic acids is 5. The van der Waals surface area contributed by atoms with Crippen molar-refractivity contribution in [3.63, 3.8) is 0 Å². The van der Waals surface area contributed by atoms with Crippen LogP contribution < -0.4 is 25.8 Å². The normalized spacial score (nSPS) is 15.9. The number of nitrogens with zero attached hydrogens (tertiary/aromatic N) is 6. The highest BCUT2D eigenvalue weighted by Gasteiger charge is 2.52. The van der Waals surface area contributed by atoms with Crippen LogP contribution in [0.1, 0.15) is 85.8 Å². The fourth-order valence-electron chi connectivity index (χ4n) is 9.12. The highest BCUT2D eigenvalue weighted by atomic mass is 32.1. The van der Waals surface area contributed by atoms with E-state index in [9.17, 15) is 42.4 Å². The van der Waals surface area contributed by atoms with Crippen LogP contribution in [-0.2, 0) is 38.3 Å². The van der Waals surface area contributed by atoms with Crippen LogP contribution in [0, 0.1) is 29.5 Å². The SMILES string of the molecule is Cc1ncsc1-c1ccc(CNC(=O)[C@@H]2CCCN2C(=O)C(NC(=O)c2ccc(CC(=O)Nc3ccc(-c4ccc(N5C(=S)N(c6ccc(C#N)c(C(F)(F)F)c6F)C(=O)C5(C)C)cn4)cc3)cc2)C(C)(C)C)cc1. The monoisotopic (exact) mass is 1060 g/mol. The van der Waals surface area contributed by atoms with Crippen molar-refractivity contribution in [1.82, 2.24) is 25.5 Å². The van der Waals surface area contributed by atoms with E-state index in [0.29, 0.717) is 59.0 Å². The molecule has 3 N–H and O–H groups in total. The number of hydrogen-bond donors (Lipinski definition) is 3. The van der Waals surface area contributed by atoms with Gasteiger partial charge in [-0.1, -0.05) is 69.3 Å². The van der Waals surface area contributed by atoms with Gasteiger partial charge in [0.1, 0.15) is 23.2 Å². The molecule has 1 unspecified atom stereocenters. The lowest BCUT2D eigenvalue weighted by molar-refractivity contribution is -0.142. The Morgan fingerprint density at radius 1 is 0.907 bits per heavy atom. The third kappa shape index (κ3) is 11.1. The van der Waals surface area contributed by atoms with Gasteiger partial charge in [0.25, 0.3) is 11.8 Å². The number of anilines is 3. The molecule has 2 atom stereocenters. The zero-order valence-corrected chi connectivity index (χ0v) is 43.3. The lowest BCUT2D eigenvalue weighted by Gasteiger charge is -2.35. The maximum Gasteiger partial charge on any atom is 0.420 e. The van der Waals surface area contributed by atoms with Crippen molar-refractivity contribution < 1.29 is 41.5 Å². The maximum atomic E-state index is 15.5. The summed E-state index contributed by atoms with van der Waals surface area (Å²) in [6.07, 6.45) is -2.66. The first kappa shape index (κ1) is 53.4. The number of nitriles is 1. The van der Waals surface area contributed by atoms with E-state index in [2.05, 4.69) is 25.9 Å². The summed E-state index contributed by atoms with van der Waals surface area (Å²) in [6.45, 7) is 11.2. The van der Waals surface area contributed by atoms with Gasteiger partial charge in [-0.25, -0.2) is 9.37 Å². The second-order valence-corrected chi connectivity index (χ2v) is 21.0. The standard InChI is InChI=1S/C55H51F4N9O5S2/c1-31-46(75-30-63-31)35-13-11-33(12-14-35)28-62-49(71)42-8-7-25-66(42)50(72)47(53(2,3)4)65-48(70)36-15-9-32(10-16-36)26-43(69)64-38-20-17-34(18-21-38)40-23-22-39(29-61-40)68-52(74)67(51(73)54(68,5)6)41-24-19-37(27-60)44(45(41)56)55(57,58)59/h9-24,29-30,42,47H,7-8,25-26,28H2,1-6H3,(H,62,71)(H,64,69)(H,65,70)/t42-,47?/m0/s1. The van der Waals surface area contributed by atoms with E-state index in [1.807, 2.05) is 57.5 Å². The number of likely N-dealkylation sites (tertiary alicyclic amines) is 1. The number of thiocarbonyl (C=S) groups is 1. The third-order valence-electron chi connectivity index (χ3n) is 13.1. The van der Waals surface area contributed by atoms with Gasteiger partial charge in [0, 0.05) is 29.9 Å². The van der Waals surface area contributed by atoms with E-state index in [-0.39, 0.29) is 34.8 Å². The van der Waals surface area contributed by atoms with Gasteiger partial charge >= 0.3 is 6.18 Å². The van der Waals surface area contributed by atoms with Crippen LogP contribution in [0.2, 0.25) is 0 Å². The summed E-state index contributed by atoms with van der Waals surface area (Å²) < 4.78 is 56.9. The van der Waals surface area contributed by atoms with Crippen molar-refractivity contribution in [2.24, 2.45) is 5.41 Å². The molecule has 2 fully saturated rings. The van der Waals surface area contributed by atoms with Crippen LogP contribution in [0.4, 0.5) is 34.6 Å². The van der Waals surface area contributed by atoms with E-state index < -0.39 is 63.7 Å². The van der Waals surface area contributed by atoms with Crippen molar-refractivity contribution in [3.05, 3.63) is 148 Å². The minimum atomic E-state index is -5.21. The number of pyridine rings is 1. The molecule has 0 saturated carbocycles. The molecule has 0 bridgehead atoms. The third-order valence-corrected chi connectivity index (χ3v) is 14.5. The average molecular weight is 1060 g/mol. The first-order valence-electron chi connectivity index (χ1n) is 23.8. The van der Waals surface area contributed by atoms with Crippen LogP contribution in [0.15, 0.2) is 109 Å². The van der Waals surface area contributed by atoms with Crippen LogP contribution in [-0.4, -0.2) is 73.7 Å². The molecule has 8 rings (SSSR count). The van der Waals surface area contributed by atoms with E-state index in [1.165, 1.54) is 31.0 Å². The van der Waals surface area contributed by atoms with E-state index >= 15 is 4.39 Å². The molecule has 0 radical (unpaired) electrons. The molecule has 20 heteroatoms. The van der Waals surface area contributed by atoms with Crippen LogP contribution in [0.5, 0.6) is 0 Å². The Morgan fingerprint density at radius 2 is 1.57 bits per heavy atom. The first-order chi connectivity index (χ1) is 35.5. The Hall–Kier alpha value is -7.89. The van der Waals surface area contributed by atoms with Gasteiger partial charge in [-0.3, -0.25) is 33.9 Å². The summed E-state index contributed by atoms with van der Waals surface area (Å²) in [4.78, 5) is 81.6. The van der Waals surface area contributed by atoms with E-state index in [4.69, 9.17) is 12.2 Å². The number of aromatic nitrogens is 2. The zero-order chi connectivity index (χ0) is 54.1. The summed E-state index contributed by atoms with van der Waals surface area (Å²) in [6, 6.07) is 25.9. The molecule has 4 aromatic carbocycles. The number of carbonyl (C=O) groups is 5. The molecule has 0 aliphatic carbocycles. The number of halogens is 4. The second kappa shape index (κ2) is 21.2. The predicted molar refractivity (Wildman–Crippen MR) is 281 cm³/mol. The predicted octanol–water partition coefficient (Wildman–Crippen LogP) is 9.76. The van der Waals surface area contributed by atoms with E-state index in [1.54, 1.807) is 76.9 Å². The minimum absolute atomic E-state index is 0.0119. The fraction of sp³-hybridized carbons (Fsp3) is 0.291. The smallest absolute Gasteiger partial charge is 0.350 e. The maximum absolute atomic E-state index is 15.5. The first-order valence-corrected chi connectivity index (χ1v) is 25.1. The Kier molecular flexibility index (Phi) is 15.1. The van der Waals surface area contributed by atoms with E-state index in [0.717, 1.165) is 33.8 Å². The molecule has 4 heterocycles. The Balaban J connectivity index is 0.845. The second-order valence-electron chi connectivity index (χ2n) is 19.8. The largest absolute Gasteiger partial charge is 0.420 e. The number of nitrogens with one attached hydrogen (secondary N) is 3. The minimum Gasteiger partial charge on any atom is -0.350 e. The lowest BCUT2D eigenvalue weighted by atomic mass is 9.85. The van der Waals surface area contributed by atoms with Crippen molar-refractivity contribution in [1.29, 1.82) is 5.26 Å². The van der Waals surface area contributed by atoms with Gasteiger partial charge in [-0.2, -0.15) is 18.4 Å². The van der Waals surface area contributed by atoms with Gasteiger partial charge in [-0.05, 0) is 116 Å². The topological polar surface area (TPSA) is 181 Å². The van der Waals surface area contributed by atoms with Gasteiger partial charge in [0.2, 0.25) is 17.7 Å². The summed E-state index contributed by atoms with van der Waals surface area (Å²) in [5.41, 5.74) is 1.98. The van der Waals surface area contributed by atoms with Crippen LogP contribution in [0.3, 0.4) is 0 Å². The number of aryl methyl sites for hydroxylation is 1. The highest BCUT2D eigenvalue weighted by molar-refractivity contribution is 7.81. The molecule has 2 aliphatic rings. The van der Waals surface area contributed by atoms with Crippen molar-refractivity contribution >= 4 is 75.3 Å². The number of benzene rings is 4. The molecule has 6 aromatic rings. The van der Waals surface area contributed by atoms with Gasteiger partial charge in [0.05, 0.1) is 57.4 Å². The molecular formula is C55H51F4N9O5S2. The molecule has 5 amide bonds. The molecule has 0 spiro atoms. The molecular weight excluding hydrogens is 1010 g/mol. The van der Waals surface area contributed by atoms with Gasteiger partial charge in [0.15, 0.2) is 10.9 Å².